The van der Waals surface area contributed by atoms with Gasteiger partial charge in [0.1, 0.15) is 0 Å². The number of esters is 1. The summed E-state index contributed by atoms with van der Waals surface area (Å²) in [4.78, 5) is 23.8. The molecule has 0 saturated heterocycles. The van der Waals surface area contributed by atoms with E-state index in [9.17, 15) is 9.59 Å². The molecule has 0 fully saturated rings. The average molecular weight is 397 g/mol. The molecule has 0 heterocycles. The van der Waals surface area contributed by atoms with Gasteiger partial charge in [-0.25, -0.2) is 4.79 Å². The van der Waals surface area contributed by atoms with Gasteiger partial charge < -0.3 is 10.1 Å². The van der Waals surface area contributed by atoms with E-state index in [1.54, 1.807) is 18.2 Å². The first-order chi connectivity index (χ1) is 10.9. The minimum atomic E-state index is -0.591. The zero-order valence-electron chi connectivity index (χ0n) is 12.7. The van der Waals surface area contributed by atoms with Gasteiger partial charge in [-0.2, -0.15) is 0 Å². The number of halogens is 2. The Morgan fingerprint density at radius 1 is 1.17 bits per heavy atom. The van der Waals surface area contributed by atoms with Crippen LogP contribution in [0.2, 0.25) is 5.02 Å². The largest absolute Gasteiger partial charge is 0.452 e. The van der Waals surface area contributed by atoms with Crippen molar-refractivity contribution in [3.63, 3.8) is 0 Å². The van der Waals surface area contributed by atoms with Crippen LogP contribution in [0.15, 0.2) is 40.9 Å². The van der Waals surface area contributed by atoms with Crippen LogP contribution in [0.1, 0.15) is 21.5 Å². The van der Waals surface area contributed by atoms with Crippen LogP contribution in [0.25, 0.3) is 0 Å². The molecule has 0 aliphatic carbocycles. The summed E-state index contributed by atoms with van der Waals surface area (Å²) in [5, 5.41) is 3.20. The highest BCUT2D eigenvalue weighted by Gasteiger charge is 2.12. The molecule has 23 heavy (non-hydrogen) atoms. The summed E-state index contributed by atoms with van der Waals surface area (Å²) in [6.45, 7) is 3.43. The molecule has 0 atom stereocenters. The summed E-state index contributed by atoms with van der Waals surface area (Å²) in [6, 6.07) is 10.2. The van der Waals surface area contributed by atoms with Crippen molar-refractivity contribution in [2.45, 2.75) is 13.8 Å². The van der Waals surface area contributed by atoms with Gasteiger partial charge in [-0.15, -0.1) is 0 Å². The van der Waals surface area contributed by atoms with Gasteiger partial charge in [0, 0.05) is 15.2 Å². The van der Waals surface area contributed by atoms with Gasteiger partial charge in [-0.1, -0.05) is 33.6 Å². The number of hydrogen-bond donors (Lipinski definition) is 1. The Hall–Kier alpha value is -1.85. The van der Waals surface area contributed by atoms with Gasteiger partial charge in [-0.05, 0) is 55.3 Å². The van der Waals surface area contributed by atoms with Crippen LogP contribution in [0, 0.1) is 13.8 Å². The van der Waals surface area contributed by atoms with E-state index in [-0.39, 0.29) is 6.61 Å². The van der Waals surface area contributed by atoms with Gasteiger partial charge in [0.15, 0.2) is 6.61 Å². The van der Waals surface area contributed by atoms with E-state index in [1.807, 2.05) is 26.0 Å². The lowest BCUT2D eigenvalue weighted by Crippen LogP contribution is -2.21. The van der Waals surface area contributed by atoms with E-state index in [4.69, 9.17) is 16.3 Å². The number of benzene rings is 2. The molecule has 0 aromatic heterocycles. The smallest absolute Gasteiger partial charge is 0.338 e. The molecule has 0 bridgehead atoms. The van der Waals surface area contributed by atoms with Crippen molar-refractivity contribution in [3.8, 4) is 0 Å². The van der Waals surface area contributed by atoms with Gasteiger partial charge in [-0.3, -0.25) is 4.79 Å². The summed E-state index contributed by atoms with van der Waals surface area (Å²) in [6.07, 6.45) is 0. The molecule has 4 nitrogen and oxygen atoms in total. The predicted octanol–water partition coefficient (Wildman–Crippen LogP) is 4.51. The van der Waals surface area contributed by atoms with Crippen molar-refractivity contribution >= 4 is 45.1 Å². The van der Waals surface area contributed by atoms with Crippen LogP contribution in [0.5, 0.6) is 0 Å². The quantitative estimate of drug-likeness (QED) is 0.773. The second kappa shape index (κ2) is 7.62. The number of aryl methyl sites for hydroxylation is 2. The molecule has 120 valence electrons. The van der Waals surface area contributed by atoms with Crippen LogP contribution >= 0.6 is 27.5 Å². The Labute approximate surface area is 147 Å². The Kier molecular flexibility index (Phi) is 5.80. The minimum Gasteiger partial charge on any atom is -0.452 e. The number of hydrogen-bond acceptors (Lipinski definition) is 3. The predicted molar refractivity (Wildman–Crippen MR) is 94.0 cm³/mol. The maximum absolute atomic E-state index is 12.0. The molecular formula is C17H15BrClNO3. The van der Waals surface area contributed by atoms with E-state index in [0.29, 0.717) is 10.6 Å². The first-order valence-corrected chi connectivity index (χ1v) is 8.03. The third-order valence-electron chi connectivity index (χ3n) is 3.16. The Morgan fingerprint density at radius 2 is 1.83 bits per heavy atom. The van der Waals surface area contributed by atoms with Gasteiger partial charge in [0.2, 0.25) is 0 Å². The van der Waals surface area contributed by atoms with Gasteiger partial charge in [0.05, 0.1) is 5.56 Å². The minimum absolute atomic E-state index is 0.307. The molecule has 0 radical (unpaired) electrons. The maximum atomic E-state index is 12.0. The second-order valence-electron chi connectivity index (χ2n) is 5.05. The van der Waals surface area contributed by atoms with E-state index >= 15 is 0 Å². The topological polar surface area (TPSA) is 55.4 Å². The Balaban J connectivity index is 1.97. The van der Waals surface area contributed by atoms with Crippen molar-refractivity contribution in [3.05, 3.63) is 62.6 Å². The normalized spacial score (nSPS) is 10.3. The first kappa shape index (κ1) is 17.5. The fourth-order valence-electron chi connectivity index (χ4n) is 2.11. The molecule has 1 N–H and O–H groups in total. The van der Waals surface area contributed by atoms with Crippen LogP contribution in [-0.4, -0.2) is 18.5 Å². The van der Waals surface area contributed by atoms with E-state index in [1.165, 1.54) is 6.07 Å². The van der Waals surface area contributed by atoms with Crippen molar-refractivity contribution in [2.24, 2.45) is 0 Å². The van der Waals surface area contributed by atoms with Gasteiger partial charge in [0.25, 0.3) is 5.91 Å². The molecule has 0 aliphatic heterocycles. The summed E-state index contributed by atoms with van der Waals surface area (Å²) in [7, 11) is 0. The molecule has 0 unspecified atom stereocenters. The molecule has 1 amide bonds. The van der Waals surface area contributed by atoms with Crippen molar-refractivity contribution < 1.29 is 14.3 Å². The third kappa shape index (κ3) is 4.81. The van der Waals surface area contributed by atoms with E-state index < -0.39 is 11.9 Å². The fourth-order valence-corrected chi connectivity index (χ4v) is 2.99. The molecule has 2 aromatic rings. The highest BCUT2D eigenvalue weighted by molar-refractivity contribution is 9.10. The number of carbonyl (C=O) groups is 2. The fraction of sp³-hybridized carbons (Fsp3) is 0.176. The summed E-state index contributed by atoms with van der Waals surface area (Å²) >= 11 is 9.22. The molecule has 0 saturated carbocycles. The summed E-state index contributed by atoms with van der Waals surface area (Å²) in [5.74, 6) is -0.985. The van der Waals surface area contributed by atoms with Crippen LogP contribution in [0.3, 0.4) is 0 Å². The Morgan fingerprint density at radius 3 is 2.43 bits per heavy atom. The zero-order valence-corrected chi connectivity index (χ0v) is 15.0. The molecule has 0 aliphatic rings. The third-order valence-corrected chi connectivity index (χ3v) is 3.85. The second-order valence-corrected chi connectivity index (χ2v) is 6.40. The number of amides is 1. The van der Waals surface area contributed by atoms with Crippen LogP contribution in [-0.2, 0) is 9.53 Å². The SMILES string of the molecule is Cc1cc(Br)cc(C)c1NC(=O)COC(=O)c1cccc(Cl)c1. The molecule has 0 spiro atoms. The Bertz CT molecular complexity index is 738. The van der Waals surface area contributed by atoms with Crippen molar-refractivity contribution in [1.29, 1.82) is 0 Å². The summed E-state index contributed by atoms with van der Waals surface area (Å²) in [5.41, 5.74) is 2.87. The number of anilines is 1. The molecule has 2 rings (SSSR count). The highest BCUT2D eigenvalue weighted by Crippen LogP contribution is 2.25. The average Bonchev–Trinajstić information content (AvgIpc) is 2.48. The monoisotopic (exact) mass is 395 g/mol. The van der Waals surface area contributed by atoms with Gasteiger partial charge >= 0.3 is 5.97 Å². The highest BCUT2D eigenvalue weighted by atomic mass is 79.9. The first-order valence-electron chi connectivity index (χ1n) is 6.86. The molecular weight excluding hydrogens is 382 g/mol. The molecule has 2 aromatic carbocycles. The lowest BCUT2D eigenvalue weighted by molar-refractivity contribution is -0.119. The molecule has 6 heteroatoms. The number of ether oxygens (including phenoxy) is 1. The van der Waals surface area contributed by atoms with E-state index in [2.05, 4.69) is 21.2 Å². The van der Waals surface area contributed by atoms with Crippen molar-refractivity contribution in [2.75, 3.05) is 11.9 Å². The standard InChI is InChI=1S/C17H15BrClNO3/c1-10-6-13(18)7-11(2)16(10)20-15(21)9-23-17(22)12-4-3-5-14(19)8-12/h3-8H,9H2,1-2H3,(H,20,21). The lowest BCUT2D eigenvalue weighted by Gasteiger charge is -2.12. The van der Waals surface area contributed by atoms with Crippen LogP contribution in [0.4, 0.5) is 5.69 Å². The zero-order chi connectivity index (χ0) is 17.0. The van der Waals surface area contributed by atoms with E-state index in [0.717, 1.165) is 21.3 Å². The summed E-state index contributed by atoms with van der Waals surface area (Å²) < 4.78 is 5.94. The number of carbonyl (C=O) groups excluding carboxylic acids is 2. The maximum Gasteiger partial charge on any atom is 0.338 e. The van der Waals surface area contributed by atoms with Crippen molar-refractivity contribution in [1.82, 2.24) is 0 Å². The number of rotatable bonds is 4. The lowest BCUT2D eigenvalue weighted by atomic mass is 10.1. The number of nitrogens with one attached hydrogen (secondary N) is 1. The van der Waals surface area contributed by atoms with Crippen LogP contribution < -0.4 is 5.32 Å².